The molecule has 0 unspecified atom stereocenters. The van der Waals surface area contributed by atoms with Crippen molar-refractivity contribution in [3.05, 3.63) is 48.4 Å². The van der Waals surface area contributed by atoms with E-state index >= 15 is 0 Å². The van der Waals surface area contributed by atoms with Crippen LogP contribution in [0.5, 0.6) is 5.75 Å². The molecule has 23 heavy (non-hydrogen) atoms. The van der Waals surface area contributed by atoms with Crippen LogP contribution in [0.1, 0.15) is 5.69 Å². The number of hydrogen-bond acceptors (Lipinski definition) is 4. The summed E-state index contributed by atoms with van der Waals surface area (Å²) in [4.78, 5) is 16.7. The average Bonchev–Trinajstić information content (AvgIpc) is 3.23. The first-order valence-electron chi connectivity index (χ1n) is 7.34. The number of nitrogens with zero attached hydrogens (tertiary/aromatic N) is 2. The SMILES string of the molecule is Cc1[nH]ncc1-c1cccc(OCCNC(=O)N2C=CCO2)c1. The Bertz CT molecular complexity index is 711. The summed E-state index contributed by atoms with van der Waals surface area (Å²) in [5.74, 6) is 0.745. The highest BCUT2D eigenvalue weighted by molar-refractivity contribution is 5.74. The Morgan fingerprint density at radius 2 is 2.43 bits per heavy atom. The van der Waals surface area contributed by atoms with Crippen LogP contribution in [0.15, 0.2) is 42.7 Å². The number of aromatic amines is 1. The molecule has 0 saturated carbocycles. The van der Waals surface area contributed by atoms with Crippen LogP contribution in [-0.4, -0.2) is 41.1 Å². The number of urea groups is 1. The van der Waals surface area contributed by atoms with Gasteiger partial charge < -0.3 is 10.1 Å². The van der Waals surface area contributed by atoms with Crippen LogP contribution in [0.4, 0.5) is 4.79 Å². The summed E-state index contributed by atoms with van der Waals surface area (Å²) in [6, 6.07) is 7.46. The van der Waals surface area contributed by atoms with Gasteiger partial charge in [0, 0.05) is 17.5 Å². The van der Waals surface area contributed by atoms with Gasteiger partial charge >= 0.3 is 6.03 Å². The summed E-state index contributed by atoms with van der Waals surface area (Å²) in [6.45, 7) is 3.16. The standard InChI is InChI=1S/C16H18N4O3/c1-12-15(11-18-19-12)13-4-2-5-14(10-13)22-9-6-17-16(21)20-7-3-8-23-20/h2-5,7,10-11H,6,8-9H2,1H3,(H,17,21)(H,18,19). The lowest BCUT2D eigenvalue weighted by Gasteiger charge is -2.14. The number of amides is 2. The largest absolute Gasteiger partial charge is 0.492 e. The van der Waals surface area contributed by atoms with Crippen molar-refractivity contribution in [2.45, 2.75) is 6.92 Å². The number of nitrogens with one attached hydrogen (secondary N) is 2. The van der Waals surface area contributed by atoms with E-state index in [1.165, 1.54) is 5.06 Å². The van der Waals surface area contributed by atoms with Gasteiger partial charge in [-0.2, -0.15) is 10.2 Å². The lowest BCUT2D eigenvalue weighted by atomic mass is 10.1. The number of carbonyl (C=O) groups is 1. The van der Waals surface area contributed by atoms with Gasteiger partial charge in [-0.15, -0.1) is 0 Å². The molecule has 0 saturated heterocycles. The lowest BCUT2D eigenvalue weighted by Crippen LogP contribution is -2.37. The third-order valence-corrected chi connectivity index (χ3v) is 3.37. The molecule has 1 aliphatic rings. The highest BCUT2D eigenvalue weighted by Crippen LogP contribution is 2.25. The Kier molecular flexibility index (Phi) is 4.58. The number of hydroxylamine groups is 2. The first kappa shape index (κ1) is 15.1. The predicted octanol–water partition coefficient (Wildman–Crippen LogP) is 2.23. The second kappa shape index (κ2) is 6.97. The molecule has 1 aromatic carbocycles. The third kappa shape index (κ3) is 3.70. The second-order valence-electron chi connectivity index (χ2n) is 5.02. The van der Waals surface area contributed by atoms with Crippen molar-refractivity contribution in [3.8, 4) is 16.9 Å². The summed E-state index contributed by atoms with van der Waals surface area (Å²) >= 11 is 0. The van der Waals surface area contributed by atoms with Gasteiger partial charge in [0.15, 0.2) is 0 Å². The topological polar surface area (TPSA) is 79.5 Å². The number of aryl methyl sites for hydroxylation is 1. The maximum absolute atomic E-state index is 11.7. The van der Waals surface area contributed by atoms with Crippen LogP contribution in [-0.2, 0) is 4.84 Å². The van der Waals surface area contributed by atoms with Crippen LogP contribution in [0, 0.1) is 6.92 Å². The molecule has 0 aliphatic carbocycles. The Morgan fingerprint density at radius 3 is 3.17 bits per heavy atom. The highest BCUT2D eigenvalue weighted by atomic mass is 16.7. The number of hydrogen-bond donors (Lipinski definition) is 2. The summed E-state index contributed by atoms with van der Waals surface area (Å²) in [6.07, 6.45) is 5.14. The molecule has 1 aliphatic heterocycles. The van der Waals surface area contributed by atoms with Gasteiger partial charge in [0.2, 0.25) is 0 Å². The minimum Gasteiger partial charge on any atom is -0.492 e. The molecule has 2 amide bonds. The quantitative estimate of drug-likeness (QED) is 0.830. The van der Waals surface area contributed by atoms with E-state index in [1.807, 2.05) is 31.2 Å². The van der Waals surface area contributed by atoms with Crippen molar-refractivity contribution in [2.75, 3.05) is 19.8 Å². The molecule has 7 heteroatoms. The predicted molar refractivity (Wildman–Crippen MR) is 84.6 cm³/mol. The first-order chi connectivity index (χ1) is 11.2. The molecule has 2 N–H and O–H groups in total. The van der Waals surface area contributed by atoms with Gasteiger partial charge in [0.05, 0.1) is 19.3 Å². The molecule has 120 valence electrons. The van der Waals surface area contributed by atoms with E-state index in [1.54, 1.807) is 18.5 Å². The molecular weight excluding hydrogens is 296 g/mol. The van der Waals surface area contributed by atoms with Crippen molar-refractivity contribution in [3.63, 3.8) is 0 Å². The zero-order chi connectivity index (χ0) is 16.1. The fourth-order valence-electron chi connectivity index (χ4n) is 2.23. The monoisotopic (exact) mass is 314 g/mol. The summed E-state index contributed by atoms with van der Waals surface area (Å²) < 4.78 is 5.67. The van der Waals surface area contributed by atoms with E-state index in [9.17, 15) is 4.79 Å². The first-order valence-corrected chi connectivity index (χ1v) is 7.34. The second-order valence-corrected chi connectivity index (χ2v) is 5.02. The van der Waals surface area contributed by atoms with Crippen molar-refractivity contribution >= 4 is 6.03 Å². The molecule has 0 bridgehead atoms. The van der Waals surface area contributed by atoms with Crippen LogP contribution in [0.25, 0.3) is 11.1 Å². The van der Waals surface area contributed by atoms with Gasteiger partial charge in [-0.05, 0) is 30.7 Å². The van der Waals surface area contributed by atoms with Gasteiger partial charge in [0.25, 0.3) is 0 Å². The minimum absolute atomic E-state index is 0.301. The molecule has 7 nitrogen and oxygen atoms in total. The van der Waals surface area contributed by atoms with Gasteiger partial charge in [-0.25, -0.2) is 4.79 Å². The highest BCUT2D eigenvalue weighted by Gasteiger charge is 2.13. The summed E-state index contributed by atoms with van der Waals surface area (Å²) in [7, 11) is 0. The number of rotatable bonds is 5. The smallest absolute Gasteiger partial charge is 0.345 e. The fourth-order valence-corrected chi connectivity index (χ4v) is 2.23. The molecule has 0 spiro atoms. The third-order valence-electron chi connectivity index (χ3n) is 3.37. The zero-order valence-electron chi connectivity index (χ0n) is 12.8. The molecule has 2 aromatic rings. The molecular formula is C16H18N4O3. The lowest BCUT2D eigenvalue weighted by molar-refractivity contribution is -0.0488. The van der Waals surface area contributed by atoms with Crippen LogP contribution in [0.3, 0.4) is 0 Å². The van der Waals surface area contributed by atoms with E-state index in [-0.39, 0.29) is 6.03 Å². The maximum Gasteiger partial charge on any atom is 0.345 e. The van der Waals surface area contributed by atoms with Crippen molar-refractivity contribution in [2.24, 2.45) is 0 Å². The van der Waals surface area contributed by atoms with Crippen molar-refractivity contribution in [1.82, 2.24) is 20.6 Å². The van der Waals surface area contributed by atoms with Gasteiger partial charge in [-0.3, -0.25) is 9.94 Å². The Morgan fingerprint density at radius 1 is 1.52 bits per heavy atom. The van der Waals surface area contributed by atoms with E-state index in [4.69, 9.17) is 9.57 Å². The van der Waals surface area contributed by atoms with E-state index in [0.29, 0.717) is 19.8 Å². The van der Waals surface area contributed by atoms with Crippen molar-refractivity contribution in [1.29, 1.82) is 0 Å². The number of aromatic nitrogens is 2. The van der Waals surface area contributed by atoms with Crippen molar-refractivity contribution < 1.29 is 14.4 Å². The van der Waals surface area contributed by atoms with Gasteiger partial charge in [-0.1, -0.05) is 12.1 Å². The Labute approximate surface area is 133 Å². The zero-order valence-corrected chi connectivity index (χ0v) is 12.8. The number of H-pyrrole nitrogens is 1. The Hall–Kier alpha value is -2.80. The van der Waals surface area contributed by atoms with Crippen LogP contribution >= 0.6 is 0 Å². The molecule has 0 fully saturated rings. The minimum atomic E-state index is -0.301. The number of carbonyl (C=O) groups excluding carboxylic acids is 1. The van der Waals surface area contributed by atoms with Crippen LogP contribution < -0.4 is 10.1 Å². The molecule has 1 aromatic heterocycles. The maximum atomic E-state index is 11.7. The number of ether oxygens (including phenoxy) is 1. The molecule has 3 rings (SSSR count). The van der Waals surface area contributed by atoms with E-state index in [2.05, 4.69) is 15.5 Å². The Balaban J connectivity index is 1.50. The fraction of sp³-hybridized carbons (Fsp3) is 0.250. The van der Waals surface area contributed by atoms with Gasteiger partial charge in [0.1, 0.15) is 12.4 Å². The molecule has 2 heterocycles. The normalized spacial score (nSPS) is 13.3. The van der Waals surface area contributed by atoms with E-state index in [0.717, 1.165) is 22.6 Å². The van der Waals surface area contributed by atoms with E-state index < -0.39 is 0 Å². The van der Waals surface area contributed by atoms with Crippen LogP contribution in [0.2, 0.25) is 0 Å². The summed E-state index contributed by atoms with van der Waals surface area (Å²) in [5.41, 5.74) is 3.09. The average molecular weight is 314 g/mol. The molecule has 0 atom stereocenters. The molecule has 0 radical (unpaired) electrons. The summed E-state index contributed by atoms with van der Waals surface area (Å²) in [5, 5.41) is 10.8. The number of benzene rings is 1.